The molecular weight excluding hydrogens is 254 g/mol. The minimum Gasteiger partial charge on any atom is -0.383 e. The topological polar surface area (TPSA) is 55.3 Å². The Kier molecular flexibility index (Phi) is 6.23. The molecular formula is C15H27N3O2. The number of nitrogens with one attached hydrogen (secondary N) is 2. The molecule has 1 rings (SSSR count). The lowest BCUT2D eigenvalue weighted by molar-refractivity contribution is -0.122. The van der Waals surface area contributed by atoms with Crippen molar-refractivity contribution in [3.05, 3.63) is 24.0 Å². The average molecular weight is 281 g/mol. The SMILES string of the molecule is COCC(C)NC(=O)Cn1cccc1CNC(C)(C)C. The van der Waals surface area contributed by atoms with Crippen molar-refractivity contribution >= 4 is 5.91 Å². The van der Waals surface area contributed by atoms with Crippen LogP contribution in [0.25, 0.3) is 0 Å². The van der Waals surface area contributed by atoms with E-state index in [0.29, 0.717) is 13.2 Å². The Morgan fingerprint density at radius 1 is 1.45 bits per heavy atom. The molecule has 1 amide bonds. The van der Waals surface area contributed by atoms with Gasteiger partial charge in [0.05, 0.1) is 6.61 Å². The first kappa shape index (κ1) is 16.7. The fraction of sp³-hybridized carbons (Fsp3) is 0.667. The molecule has 2 N–H and O–H groups in total. The molecule has 0 aliphatic carbocycles. The second-order valence-corrected chi connectivity index (χ2v) is 6.15. The summed E-state index contributed by atoms with van der Waals surface area (Å²) in [6.07, 6.45) is 1.93. The van der Waals surface area contributed by atoms with Gasteiger partial charge in [0.2, 0.25) is 5.91 Å². The van der Waals surface area contributed by atoms with E-state index < -0.39 is 0 Å². The van der Waals surface area contributed by atoms with Gasteiger partial charge < -0.3 is 19.9 Å². The predicted octanol–water partition coefficient (Wildman–Crippen LogP) is 1.53. The van der Waals surface area contributed by atoms with Crippen LogP contribution in [0.4, 0.5) is 0 Å². The normalized spacial score (nSPS) is 13.2. The first-order valence-corrected chi connectivity index (χ1v) is 6.99. The van der Waals surface area contributed by atoms with Gasteiger partial charge in [0.25, 0.3) is 0 Å². The van der Waals surface area contributed by atoms with Crippen LogP contribution in [-0.2, 0) is 22.6 Å². The summed E-state index contributed by atoms with van der Waals surface area (Å²) in [5, 5.41) is 6.34. The van der Waals surface area contributed by atoms with Crippen LogP contribution in [0, 0.1) is 0 Å². The quantitative estimate of drug-likeness (QED) is 0.797. The Labute approximate surface area is 121 Å². The molecule has 0 aromatic carbocycles. The third-order valence-corrected chi connectivity index (χ3v) is 2.86. The van der Waals surface area contributed by atoms with E-state index in [-0.39, 0.29) is 17.5 Å². The van der Waals surface area contributed by atoms with Crippen molar-refractivity contribution in [1.29, 1.82) is 0 Å². The van der Waals surface area contributed by atoms with Gasteiger partial charge in [-0.1, -0.05) is 0 Å². The standard InChI is InChI=1S/C15H27N3O2/c1-12(11-20-5)17-14(19)10-18-8-6-7-13(18)9-16-15(2,3)4/h6-8,12,16H,9-11H2,1-5H3,(H,17,19). The third kappa shape index (κ3) is 6.21. The van der Waals surface area contributed by atoms with Crippen LogP contribution in [0.1, 0.15) is 33.4 Å². The van der Waals surface area contributed by atoms with Crippen molar-refractivity contribution < 1.29 is 9.53 Å². The Morgan fingerprint density at radius 3 is 2.75 bits per heavy atom. The number of methoxy groups -OCH3 is 1. The number of amides is 1. The number of carbonyl (C=O) groups excluding carboxylic acids is 1. The van der Waals surface area contributed by atoms with Gasteiger partial charge in [0.1, 0.15) is 6.54 Å². The zero-order valence-electron chi connectivity index (χ0n) is 13.2. The first-order valence-electron chi connectivity index (χ1n) is 6.99. The fourth-order valence-corrected chi connectivity index (χ4v) is 1.89. The van der Waals surface area contributed by atoms with E-state index in [1.165, 1.54) is 0 Å². The molecule has 1 atom stereocenters. The second kappa shape index (κ2) is 7.45. The largest absolute Gasteiger partial charge is 0.383 e. The molecule has 0 saturated heterocycles. The molecule has 0 aliphatic heterocycles. The van der Waals surface area contributed by atoms with Crippen LogP contribution in [-0.4, -0.2) is 35.8 Å². The van der Waals surface area contributed by atoms with Crippen LogP contribution in [0.2, 0.25) is 0 Å². The lowest BCUT2D eigenvalue weighted by Crippen LogP contribution is -2.38. The van der Waals surface area contributed by atoms with E-state index in [9.17, 15) is 4.79 Å². The highest BCUT2D eigenvalue weighted by atomic mass is 16.5. The van der Waals surface area contributed by atoms with Crippen LogP contribution >= 0.6 is 0 Å². The molecule has 1 aromatic rings. The predicted molar refractivity (Wildman–Crippen MR) is 80.5 cm³/mol. The van der Waals surface area contributed by atoms with E-state index >= 15 is 0 Å². The highest BCUT2D eigenvalue weighted by Crippen LogP contribution is 2.06. The number of ether oxygens (including phenoxy) is 1. The summed E-state index contributed by atoms with van der Waals surface area (Å²) in [4.78, 5) is 11.9. The molecule has 114 valence electrons. The molecule has 1 aromatic heterocycles. The maximum absolute atomic E-state index is 11.9. The van der Waals surface area contributed by atoms with Gasteiger partial charge in [-0.25, -0.2) is 0 Å². The number of hydrogen-bond acceptors (Lipinski definition) is 3. The molecule has 20 heavy (non-hydrogen) atoms. The van der Waals surface area contributed by atoms with E-state index in [1.54, 1.807) is 7.11 Å². The van der Waals surface area contributed by atoms with Crippen molar-refractivity contribution in [2.45, 2.75) is 52.4 Å². The lowest BCUT2D eigenvalue weighted by atomic mass is 10.1. The highest BCUT2D eigenvalue weighted by molar-refractivity contribution is 5.76. The smallest absolute Gasteiger partial charge is 0.240 e. The molecule has 5 heteroatoms. The van der Waals surface area contributed by atoms with Gasteiger partial charge in [-0.05, 0) is 39.8 Å². The Bertz CT molecular complexity index is 421. The molecule has 1 heterocycles. The average Bonchev–Trinajstić information content (AvgIpc) is 2.72. The summed E-state index contributed by atoms with van der Waals surface area (Å²) in [6.45, 7) is 9.91. The summed E-state index contributed by atoms with van der Waals surface area (Å²) >= 11 is 0. The number of rotatable bonds is 7. The summed E-state index contributed by atoms with van der Waals surface area (Å²) < 4.78 is 6.97. The maximum Gasteiger partial charge on any atom is 0.240 e. The maximum atomic E-state index is 11.9. The Morgan fingerprint density at radius 2 is 2.15 bits per heavy atom. The van der Waals surface area contributed by atoms with Gasteiger partial charge in [0, 0.05) is 37.1 Å². The zero-order chi connectivity index (χ0) is 15.2. The number of aromatic nitrogens is 1. The van der Waals surface area contributed by atoms with Gasteiger partial charge in [-0.3, -0.25) is 4.79 Å². The number of hydrogen-bond donors (Lipinski definition) is 2. The summed E-state index contributed by atoms with van der Waals surface area (Å²) in [6, 6.07) is 4.02. The Hall–Kier alpha value is -1.33. The van der Waals surface area contributed by atoms with Crippen molar-refractivity contribution in [3.63, 3.8) is 0 Å². The molecule has 0 aliphatic rings. The van der Waals surface area contributed by atoms with E-state index in [4.69, 9.17) is 4.74 Å². The summed E-state index contributed by atoms with van der Waals surface area (Å²) in [5.41, 5.74) is 1.17. The third-order valence-electron chi connectivity index (χ3n) is 2.86. The molecule has 1 unspecified atom stereocenters. The van der Waals surface area contributed by atoms with Crippen LogP contribution in [0.3, 0.4) is 0 Å². The highest BCUT2D eigenvalue weighted by Gasteiger charge is 2.12. The molecule has 0 bridgehead atoms. The minimum atomic E-state index is 0.00255. The van der Waals surface area contributed by atoms with Gasteiger partial charge in [0.15, 0.2) is 0 Å². The Balaban J connectivity index is 2.52. The molecule has 5 nitrogen and oxygen atoms in total. The molecule has 0 fully saturated rings. The van der Waals surface area contributed by atoms with Crippen molar-refractivity contribution in [2.24, 2.45) is 0 Å². The fourth-order valence-electron chi connectivity index (χ4n) is 1.89. The van der Waals surface area contributed by atoms with Crippen molar-refractivity contribution in [2.75, 3.05) is 13.7 Å². The zero-order valence-corrected chi connectivity index (χ0v) is 13.2. The minimum absolute atomic E-state index is 0.00255. The molecule has 0 radical (unpaired) electrons. The number of nitrogens with zero attached hydrogens (tertiary/aromatic N) is 1. The second-order valence-electron chi connectivity index (χ2n) is 6.15. The van der Waals surface area contributed by atoms with Crippen LogP contribution in [0.15, 0.2) is 18.3 Å². The summed E-state index contributed by atoms with van der Waals surface area (Å²) in [5.74, 6) is 0.00255. The van der Waals surface area contributed by atoms with Gasteiger partial charge in [-0.15, -0.1) is 0 Å². The number of carbonyl (C=O) groups is 1. The van der Waals surface area contributed by atoms with Gasteiger partial charge >= 0.3 is 0 Å². The van der Waals surface area contributed by atoms with Crippen LogP contribution in [0.5, 0.6) is 0 Å². The van der Waals surface area contributed by atoms with Crippen LogP contribution < -0.4 is 10.6 Å². The van der Waals surface area contributed by atoms with E-state index in [0.717, 1.165) is 12.2 Å². The van der Waals surface area contributed by atoms with E-state index in [1.807, 2.05) is 29.8 Å². The van der Waals surface area contributed by atoms with Gasteiger partial charge in [-0.2, -0.15) is 0 Å². The summed E-state index contributed by atoms with van der Waals surface area (Å²) in [7, 11) is 1.63. The first-order chi connectivity index (χ1) is 9.31. The lowest BCUT2D eigenvalue weighted by Gasteiger charge is -2.21. The molecule has 0 saturated carbocycles. The van der Waals surface area contributed by atoms with E-state index in [2.05, 4.69) is 31.4 Å². The van der Waals surface area contributed by atoms with Crippen molar-refractivity contribution in [1.82, 2.24) is 15.2 Å². The molecule has 0 spiro atoms. The van der Waals surface area contributed by atoms with Crippen molar-refractivity contribution in [3.8, 4) is 0 Å². The monoisotopic (exact) mass is 281 g/mol.